The lowest BCUT2D eigenvalue weighted by Gasteiger charge is -2.16. The minimum atomic E-state index is -0.460. The van der Waals surface area contributed by atoms with Crippen LogP contribution in [0.2, 0.25) is 0 Å². The van der Waals surface area contributed by atoms with Crippen LogP contribution in [0, 0.1) is 0 Å². The quantitative estimate of drug-likeness (QED) is 0.529. The van der Waals surface area contributed by atoms with Gasteiger partial charge in [0.25, 0.3) is 0 Å². The molecule has 0 unspecified atom stereocenters. The Morgan fingerprint density at radius 2 is 1.65 bits per heavy atom. The molecule has 8 heteroatoms. The number of hydrogen-bond donors (Lipinski definition) is 2. The van der Waals surface area contributed by atoms with Crippen LogP contribution >= 0.6 is 0 Å². The van der Waals surface area contributed by atoms with Crippen molar-refractivity contribution in [2.45, 2.75) is 26.4 Å². The summed E-state index contributed by atoms with van der Waals surface area (Å²) in [6.07, 6.45) is 0.589. The predicted molar refractivity (Wildman–Crippen MR) is 118 cm³/mol. The second-order valence-corrected chi connectivity index (χ2v) is 7.01. The van der Waals surface area contributed by atoms with Gasteiger partial charge in [-0.2, -0.15) is 0 Å². The van der Waals surface area contributed by atoms with Crippen molar-refractivity contribution in [1.29, 1.82) is 0 Å². The Morgan fingerprint density at radius 1 is 0.935 bits per heavy atom. The molecule has 0 bridgehead atoms. The molecular weight excluding hydrogens is 400 g/mol. The topological polar surface area (TPSA) is 95.1 Å². The summed E-state index contributed by atoms with van der Waals surface area (Å²) in [5, 5.41) is 5.91. The number of ether oxygens (including phenoxy) is 4. The molecule has 31 heavy (non-hydrogen) atoms. The Bertz CT molecular complexity index is 898. The van der Waals surface area contributed by atoms with Gasteiger partial charge in [-0.25, -0.2) is 4.79 Å². The second-order valence-electron chi connectivity index (χ2n) is 7.01. The zero-order valence-electron chi connectivity index (χ0n) is 18.6. The maximum atomic E-state index is 12.3. The van der Waals surface area contributed by atoms with Crippen molar-refractivity contribution >= 4 is 17.6 Å². The number of rotatable bonds is 11. The fourth-order valence-corrected chi connectivity index (χ4v) is 2.89. The van der Waals surface area contributed by atoms with Gasteiger partial charge < -0.3 is 29.6 Å². The summed E-state index contributed by atoms with van der Waals surface area (Å²) in [6.45, 7) is 4.30. The van der Waals surface area contributed by atoms with Gasteiger partial charge in [-0.15, -0.1) is 0 Å². The Labute approximate surface area is 182 Å². The van der Waals surface area contributed by atoms with Crippen molar-refractivity contribution in [2.75, 3.05) is 39.7 Å². The average molecular weight is 431 g/mol. The molecule has 0 spiro atoms. The number of esters is 1. The van der Waals surface area contributed by atoms with Crippen LogP contribution in [-0.2, 0) is 16.0 Å². The molecule has 2 N–H and O–H groups in total. The summed E-state index contributed by atoms with van der Waals surface area (Å²) >= 11 is 0. The number of methoxy groups -OCH3 is 3. The van der Waals surface area contributed by atoms with E-state index in [4.69, 9.17) is 18.9 Å². The van der Waals surface area contributed by atoms with E-state index in [1.54, 1.807) is 32.4 Å². The van der Waals surface area contributed by atoms with Crippen LogP contribution in [0.25, 0.3) is 0 Å². The molecule has 0 saturated carbocycles. The molecule has 0 atom stereocenters. The Morgan fingerprint density at radius 3 is 2.29 bits per heavy atom. The van der Waals surface area contributed by atoms with Crippen LogP contribution in [0.5, 0.6) is 17.2 Å². The highest BCUT2D eigenvalue weighted by molar-refractivity contribution is 5.91. The molecule has 8 nitrogen and oxygen atoms in total. The Hall–Kier alpha value is -3.42. The summed E-state index contributed by atoms with van der Waals surface area (Å²) in [7, 11) is 4.49. The third-order valence-electron chi connectivity index (χ3n) is 4.39. The average Bonchev–Trinajstić information content (AvgIpc) is 2.77. The molecule has 2 aromatic rings. The fraction of sp³-hybridized carbons (Fsp3) is 0.391. The number of carbonyl (C=O) groups excluding carboxylic acids is 2. The molecule has 1 amide bonds. The number of nitrogens with one attached hydrogen (secondary N) is 2. The molecule has 2 aromatic carbocycles. The summed E-state index contributed by atoms with van der Waals surface area (Å²) in [6, 6.07) is 10.6. The SMILES string of the molecule is COC(=O)c1ccc(OC(C)C)c(NCC(=O)NCCc2ccc(OC)c(OC)c2)c1. The number of amides is 1. The molecule has 0 aliphatic carbocycles. The maximum Gasteiger partial charge on any atom is 0.337 e. The third kappa shape index (κ3) is 7.09. The largest absolute Gasteiger partial charge is 0.493 e. The van der Waals surface area contributed by atoms with Crippen LogP contribution in [0.15, 0.2) is 36.4 Å². The van der Waals surface area contributed by atoms with Gasteiger partial charge in [0.15, 0.2) is 11.5 Å². The van der Waals surface area contributed by atoms with E-state index in [1.807, 2.05) is 32.0 Å². The number of hydrogen-bond acceptors (Lipinski definition) is 7. The summed E-state index contributed by atoms with van der Waals surface area (Å²) in [4.78, 5) is 24.1. The first-order chi connectivity index (χ1) is 14.9. The van der Waals surface area contributed by atoms with Crippen molar-refractivity contribution in [1.82, 2.24) is 5.32 Å². The Balaban J connectivity index is 1.93. The van der Waals surface area contributed by atoms with Gasteiger partial charge >= 0.3 is 5.97 Å². The van der Waals surface area contributed by atoms with Crippen LogP contribution in [-0.4, -0.2) is 52.4 Å². The monoisotopic (exact) mass is 430 g/mol. The van der Waals surface area contributed by atoms with Gasteiger partial charge in [-0.1, -0.05) is 6.07 Å². The molecule has 0 aliphatic heterocycles. The van der Waals surface area contributed by atoms with Gasteiger partial charge in [-0.05, 0) is 56.2 Å². The van der Waals surface area contributed by atoms with E-state index in [2.05, 4.69) is 10.6 Å². The van der Waals surface area contributed by atoms with Crippen molar-refractivity contribution in [2.24, 2.45) is 0 Å². The van der Waals surface area contributed by atoms with E-state index in [0.29, 0.717) is 41.5 Å². The second kappa shape index (κ2) is 11.7. The lowest BCUT2D eigenvalue weighted by molar-refractivity contribution is -0.119. The standard InChI is InChI=1S/C23H30N2O6/c1-15(2)31-19-9-7-17(23(27)30-5)13-18(19)25-14-22(26)24-11-10-16-6-8-20(28-3)21(12-16)29-4/h6-9,12-13,15,25H,10-11,14H2,1-5H3,(H,24,26). The zero-order valence-corrected chi connectivity index (χ0v) is 18.6. The smallest absolute Gasteiger partial charge is 0.337 e. The van der Waals surface area contributed by atoms with E-state index in [-0.39, 0.29) is 18.6 Å². The first kappa shape index (κ1) is 23.9. The van der Waals surface area contributed by atoms with E-state index in [1.165, 1.54) is 7.11 Å². The minimum absolute atomic E-state index is 0.0328. The molecule has 0 aromatic heterocycles. The lowest BCUT2D eigenvalue weighted by atomic mass is 10.1. The summed E-state index contributed by atoms with van der Waals surface area (Å²) in [5.74, 6) is 1.22. The first-order valence-electron chi connectivity index (χ1n) is 9.98. The van der Waals surface area contributed by atoms with Gasteiger partial charge in [0.05, 0.1) is 45.2 Å². The summed E-state index contributed by atoms with van der Waals surface area (Å²) in [5.41, 5.74) is 1.94. The van der Waals surface area contributed by atoms with E-state index < -0.39 is 5.97 Å². The number of carbonyl (C=O) groups is 2. The highest BCUT2D eigenvalue weighted by atomic mass is 16.5. The van der Waals surface area contributed by atoms with Gasteiger partial charge in [-0.3, -0.25) is 4.79 Å². The lowest BCUT2D eigenvalue weighted by Crippen LogP contribution is -2.31. The van der Waals surface area contributed by atoms with Crippen LogP contribution in [0.1, 0.15) is 29.8 Å². The van der Waals surface area contributed by atoms with Crippen LogP contribution in [0.3, 0.4) is 0 Å². The maximum absolute atomic E-state index is 12.3. The first-order valence-corrected chi connectivity index (χ1v) is 9.98. The molecule has 168 valence electrons. The highest BCUT2D eigenvalue weighted by Gasteiger charge is 2.13. The minimum Gasteiger partial charge on any atom is -0.493 e. The number of benzene rings is 2. The van der Waals surface area contributed by atoms with E-state index >= 15 is 0 Å². The molecule has 0 fully saturated rings. The normalized spacial score (nSPS) is 10.4. The number of anilines is 1. The molecule has 0 heterocycles. The molecule has 2 rings (SSSR count). The third-order valence-corrected chi connectivity index (χ3v) is 4.39. The van der Waals surface area contributed by atoms with Crippen molar-refractivity contribution in [3.8, 4) is 17.2 Å². The predicted octanol–water partition coefficient (Wildman–Crippen LogP) is 3.05. The molecular formula is C23H30N2O6. The van der Waals surface area contributed by atoms with Crippen molar-refractivity contribution in [3.05, 3.63) is 47.5 Å². The molecule has 0 radical (unpaired) electrons. The Kier molecular flexibility index (Phi) is 8.99. The van der Waals surface area contributed by atoms with Gasteiger partial charge in [0.2, 0.25) is 5.91 Å². The van der Waals surface area contributed by atoms with E-state index in [9.17, 15) is 9.59 Å². The van der Waals surface area contributed by atoms with Crippen LogP contribution in [0.4, 0.5) is 5.69 Å². The summed E-state index contributed by atoms with van der Waals surface area (Å²) < 4.78 is 21.0. The van der Waals surface area contributed by atoms with Crippen LogP contribution < -0.4 is 24.8 Å². The zero-order chi connectivity index (χ0) is 22.8. The molecule has 0 saturated heterocycles. The van der Waals surface area contributed by atoms with Crippen molar-refractivity contribution in [3.63, 3.8) is 0 Å². The fourth-order valence-electron chi connectivity index (χ4n) is 2.89. The van der Waals surface area contributed by atoms with Gasteiger partial charge in [0, 0.05) is 6.54 Å². The van der Waals surface area contributed by atoms with E-state index in [0.717, 1.165) is 5.56 Å². The highest BCUT2D eigenvalue weighted by Crippen LogP contribution is 2.28. The van der Waals surface area contributed by atoms with Gasteiger partial charge in [0.1, 0.15) is 5.75 Å². The molecule has 0 aliphatic rings. The van der Waals surface area contributed by atoms with Crippen molar-refractivity contribution < 1.29 is 28.5 Å².